The van der Waals surface area contributed by atoms with E-state index in [9.17, 15) is 0 Å². The van der Waals surface area contributed by atoms with Crippen LogP contribution in [-0.4, -0.2) is 4.98 Å². The highest BCUT2D eigenvalue weighted by atomic mass is 32.1. The highest BCUT2D eigenvalue weighted by Gasteiger charge is 2.20. The molecule has 14 heavy (non-hydrogen) atoms. The topological polar surface area (TPSA) is 38.9 Å². The van der Waals surface area contributed by atoms with E-state index in [1.807, 2.05) is 0 Å². The van der Waals surface area contributed by atoms with E-state index >= 15 is 0 Å². The molecule has 0 spiro atoms. The zero-order valence-electron chi connectivity index (χ0n) is 9.55. The van der Waals surface area contributed by atoms with Crippen LogP contribution in [0.5, 0.6) is 0 Å². The van der Waals surface area contributed by atoms with E-state index in [4.69, 9.17) is 5.73 Å². The predicted octanol–water partition coefficient (Wildman–Crippen LogP) is 2.85. The Morgan fingerprint density at radius 1 is 1.36 bits per heavy atom. The van der Waals surface area contributed by atoms with E-state index in [0.29, 0.717) is 6.54 Å². The van der Waals surface area contributed by atoms with Gasteiger partial charge in [-0.15, -0.1) is 11.3 Å². The van der Waals surface area contributed by atoms with E-state index in [1.165, 1.54) is 15.6 Å². The smallest absolute Gasteiger partial charge is 0.0985 e. The van der Waals surface area contributed by atoms with Crippen LogP contribution in [-0.2, 0) is 18.4 Å². The maximum Gasteiger partial charge on any atom is 0.0985 e. The van der Waals surface area contributed by atoms with Gasteiger partial charge in [-0.1, -0.05) is 34.1 Å². The Hall–Kier alpha value is -0.410. The van der Waals surface area contributed by atoms with Gasteiger partial charge >= 0.3 is 0 Å². The zero-order chi connectivity index (χ0) is 10.8. The molecule has 0 fully saturated rings. The highest BCUT2D eigenvalue weighted by molar-refractivity contribution is 7.11. The largest absolute Gasteiger partial charge is 0.326 e. The van der Waals surface area contributed by atoms with Crippen LogP contribution in [0, 0.1) is 0 Å². The van der Waals surface area contributed by atoms with Crippen LogP contribution in [0.25, 0.3) is 0 Å². The van der Waals surface area contributed by atoms with Crippen molar-refractivity contribution in [1.82, 2.24) is 4.98 Å². The van der Waals surface area contributed by atoms with Crippen LogP contribution in [0.1, 0.15) is 49.7 Å². The van der Waals surface area contributed by atoms with Gasteiger partial charge in [0.25, 0.3) is 0 Å². The minimum absolute atomic E-state index is 0.153. The van der Waals surface area contributed by atoms with Crippen LogP contribution >= 0.6 is 11.3 Å². The molecular formula is C11H20N2S. The minimum Gasteiger partial charge on any atom is -0.326 e. The Balaban J connectivity index is 3.00. The van der Waals surface area contributed by atoms with Crippen molar-refractivity contribution in [3.63, 3.8) is 0 Å². The lowest BCUT2D eigenvalue weighted by molar-refractivity contribution is 0.582. The zero-order valence-corrected chi connectivity index (χ0v) is 10.4. The Bertz CT molecular complexity index is 297. The number of hydrogen-bond acceptors (Lipinski definition) is 3. The third kappa shape index (κ3) is 2.55. The number of thiazole rings is 1. The molecular weight excluding hydrogens is 192 g/mol. The lowest BCUT2D eigenvalue weighted by Crippen LogP contribution is -2.10. The normalized spacial score (nSPS) is 12.1. The first-order chi connectivity index (χ1) is 6.49. The maximum absolute atomic E-state index is 5.71. The van der Waals surface area contributed by atoms with Crippen molar-refractivity contribution in [3.8, 4) is 0 Å². The monoisotopic (exact) mass is 212 g/mol. The molecule has 2 N–H and O–H groups in total. The fraction of sp³-hybridized carbons (Fsp3) is 0.727. The summed E-state index contributed by atoms with van der Waals surface area (Å²) in [7, 11) is 0. The molecule has 0 aliphatic heterocycles. The van der Waals surface area contributed by atoms with Crippen molar-refractivity contribution in [2.24, 2.45) is 5.73 Å². The Kier molecular flexibility index (Phi) is 3.67. The molecule has 0 amide bonds. The van der Waals surface area contributed by atoms with Gasteiger partial charge in [-0.2, -0.15) is 0 Å². The number of nitrogens with zero attached hydrogens (tertiary/aromatic N) is 1. The number of aromatic nitrogens is 1. The summed E-state index contributed by atoms with van der Waals surface area (Å²) in [5.74, 6) is 0. The number of nitrogens with two attached hydrogens (primary N) is 1. The fourth-order valence-electron chi connectivity index (χ4n) is 1.30. The summed E-state index contributed by atoms with van der Waals surface area (Å²) in [5, 5.41) is 1.21. The van der Waals surface area contributed by atoms with Gasteiger partial charge in [-0.25, -0.2) is 4.98 Å². The van der Waals surface area contributed by atoms with Crippen LogP contribution < -0.4 is 5.73 Å². The molecule has 0 unspecified atom stereocenters. The number of hydrogen-bond donors (Lipinski definition) is 1. The van der Waals surface area contributed by atoms with Gasteiger partial charge in [0.15, 0.2) is 0 Å². The summed E-state index contributed by atoms with van der Waals surface area (Å²) in [6.45, 7) is 9.39. The van der Waals surface area contributed by atoms with Crippen LogP contribution in [0.2, 0.25) is 0 Å². The molecule has 1 rings (SSSR count). The predicted molar refractivity (Wildman–Crippen MR) is 62.7 cm³/mol. The molecule has 2 nitrogen and oxygen atoms in total. The van der Waals surface area contributed by atoms with Gasteiger partial charge in [0.2, 0.25) is 0 Å². The van der Waals surface area contributed by atoms with Gasteiger partial charge in [0.1, 0.15) is 0 Å². The summed E-state index contributed by atoms with van der Waals surface area (Å²) in [6, 6.07) is 0. The van der Waals surface area contributed by atoms with Gasteiger partial charge in [0, 0.05) is 16.8 Å². The van der Waals surface area contributed by atoms with Gasteiger partial charge < -0.3 is 5.73 Å². The second kappa shape index (κ2) is 4.41. The Morgan fingerprint density at radius 3 is 2.43 bits per heavy atom. The molecule has 1 aromatic rings. The molecule has 0 bridgehead atoms. The molecule has 3 heteroatoms. The second-order valence-electron chi connectivity index (χ2n) is 4.59. The van der Waals surface area contributed by atoms with Crippen molar-refractivity contribution in [2.45, 2.75) is 52.5 Å². The molecule has 0 aromatic carbocycles. The van der Waals surface area contributed by atoms with E-state index in [1.54, 1.807) is 11.3 Å². The third-order valence-corrected chi connectivity index (χ3v) is 3.64. The quantitative estimate of drug-likeness (QED) is 0.836. The average molecular weight is 212 g/mol. The highest BCUT2D eigenvalue weighted by Crippen LogP contribution is 2.29. The van der Waals surface area contributed by atoms with Gasteiger partial charge in [-0.05, 0) is 6.42 Å². The molecule has 80 valence electrons. The SMILES string of the molecule is CCCc1nc(C(C)(C)C)sc1CN. The molecule has 0 aliphatic rings. The van der Waals surface area contributed by atoms with Crippen molar-refractivity contribution in [3.05, 3.63) is 15.6 Å². The molecule has 0 atom stereocenters. The lowest BCUT2D eigenvalue weighted by atomic mass is 9.98. The van der Waals surface area contributed by atoms with E-state index in [2.05, 4.69) is 32.7 Å². The van der Waals surface area contributed by atoms with Crippen molar-refractivity contribution in [1.29, 1.82) is 0 Å². The number of rotatable bonds is 3. The Morgan fingerprint density at radius 2 is 2.00 bits per heavy atom. The Labute approximate surface area is 90.6 Å². The second-order valence-corrected chi connectivity index (χ2v) is 5.68. The molecule has 1 heterocycles. The van der Waals surface area contributed by atoms with Crippen molar-refractivity contribution in [2.75, 3.05) is 0 Å². The third-order valence-electron chi connectivity index (χ3n) is 2.09. The van der Waals surface area contributed by atoms with Crippen LogP contribution in [0.15, 0.2) is 0 Å². The summed E-state index contributed by atoms with van der Waals surface area (Å²) >= 11 is 1.77. The molecule has 1 aromatic heterocycles. The van der Waals surface area contributed by atoms with Crippen LogP contribution in [0.4, 0.5) is 0 Å². The van der Waals surface area contributed by atoms with Gasteiger partial charge in [0.05, 0.1) is 10.7 Å². The maximum atomic E-state index is 5.71. The van der Waals surface area contributed by atoms with E-state index < -0.39 is 0 Å². The van der Waals surface area contributed by atoms with Crippen LogP contribution in [0.3, 0.4) is 0 Å². The molecule has 0 radical (unpaired) electrons. The van der Waals surface area contributed by atoms with Crippen molar-refractivity contribution < 1.29 is 0 Å². The summed E-state index contributed by atoms with van der Waals surface area (Å²) in [4.78, 5) is 5.94. The standard InChI is InChI=1S/C11H20N2S/c1-5-6-8-9(7-12)14-10(13-8)11(2,3)4/h5-7,12H2,1-4H3. The summed E-state index contributed by atoms with van der Waals surface area (Å²) in [5.41, 5.74) is 7.07. The minimum atomic E-state index is 0.153. The average Bonchev–Trinajstić information content (AvgIpc) is 2.47. The summed E-state index contributed by atoms with van der Waals surface area (Å²) < 4.78 is 0. The first-order valence-corrected chi connectivity index (χ1v) is 5.99. The fourth-order valence-corrected chi connectivity index (χ4v) is 2.34. The first kappa shape index (κ1) is 11.7. The van der Waals surface area contributed by atoms with E-state index in [0.717, 1.165) is 12.8 Å². The number of aryl methyl sites for hydroxylation is 1. The first-order valence-electron chi connectivity index (χ1n) is 5.18. The molecule has 0 saturated carbocycles. The van der Waals surface area contributed by atoms with E-state index in [-0.39, 0.29) is 5.41 Å². The molecule has 0 saturated heterocycles. The van der Waals surface area contributed by atoms with Gasteiger partial charge in [-0.3, -0.25) is 0 Å². The summed E-state index contributed by atoms with van der Waals surface area (Å²) in [6.07, 6.45) is 2.19. The lowest BCUT2D eigenvalue weighted by Gasteiger charge is -2.13. The molecule has 0 aliphatic carbocycles. The van der Waals surface area contributed by atoms with Crippen molar-refractivity contribution >= 4 is 11.3 Å².